The van der Waals surface area contributed by atoms with E-state index in [0.29, 0.717) is 19.3 Å². The molecule has 3 unspecified atom stereocenters. The fourth-order valence-electron chi connectivity index (χ4n) is 8.38. The van der Waals surface area contributed by atoms with Crippen LogP contribution in [0, 0.1) is 0 Å². The zero-order chi connectivity index (χ0) is 45.9. The maximum Gasteiger partial charge on any atom is 0.306 e. The molecule has 0 aliphatic rings. The zero-order valence-corrected chi connectivity index (χ0v) is 42.0. The van der Waals surface area contributed by atoms with E-state index in [2.05, 4.69) is 56.5 Å². The van der Waals surface area contributed by atoms with Crippen LogP contribution in [0.4, 0.5) is 0 Å². The number of rotatable bonds is 49. The highest BCUT2D eigenvalue weighted by molar-refractivity contribution is 5.77. The molecule has 0 radical (unpaired) electrons. The highest BCUT2D eigenvalue weighted by Crippen LogP contribution is 2.19. The summed E-state index contributed by atoms with van der Waals surface area (Å²) in [5, 5.41) is 23.8. The maximum atomic E-state index is 13.2. The molecule has 0 aromatic rings. The predicted molar refractivity (Wildman–Crippen MR) is 273 cm³/mol. The van der Waals surface area contributed by atoms with Gasteiger partial charge in [-0.2, -0.15) is 0 Å². The van der Waals surface area contributed by atoms with Crippen LogP contribution in [0.25, 0.3) is 0 Å². The number of hydrogen-bond donors (Lipinski definition) is 3. The summed E-state index contributed by atoms with van der Waals surface area (Å²) >= 11 is 0. The van der Waals surface area contributed by atoms with Crippen LogP contribution in [0.3, 0.4) is 0 Å². The fraction of sp³-hybridized carbons (Fsp3) is 0.825. The molecule has 0 saturated heterocycles. The molecule has 0 aliphatic heterocycles. The Hall–Kier alpha value is -2.18. The van der Waals surface area contributed by atoms with Crippen molar-refractivity contribution in [2.45, 2.75) is 296 Å². The second kappa shape index (κ2) is 50.8. The molecule has 0 fully saturated rings. The third-order valence-corrected chi connectivity index (χ3v) is 12.5. The van der Waals surface area contributed by atoms with Gasteiger partial charge in [0, 0.05) is 6.42 Å². The molecular weight excluding hydrogens is 779 g/mol. The lowest BCUT2D eigenvalue weighted by molar-refractivity contribution is -0.151. The van der Waals surface area contributed by atoms with E-state index in [1.165, 1.54) is 161 Å². The maximum absolute atomic E-state index is 13.2. The second-order valence-electron chi connectivity index (χ2n) is 18.7. The first-order valence-corrected chi connectivity index (χ1v) is 27.4. The molecule has 0 saturated carbocycles. The molecule has 0 heterocycles. The Balaban J connectivity index is 4.57. The topological polar surface area (TPSA) is 95.9 Å². The first-order valence-electron chi connectivity index (χ1n) is 27.4. The fourth-order valence-corrected chi connectivity index (χ4v) is 8.38. The quantitative estimate of drug-likeness (QED) is 0.0321. The number of unbranched alkanes of at least 4 members (excludes halogenated alkanes) is 32. The molecule has 3 atom stereocenters. The molecule has 0 aromatic heterocycles. The summed E-state index contributed by atoms with van der Waals surface area (Å²) < 4.78 is 5.94. The highest BCUT2D eigenvalue weighted by atomic mass is 16.5. The van der Waals surface area contributed by atoms with Gasteiger partial charge in [0.25, 0.3) is 0 Å². The van der Waals surface area contributed by atoms with E-state index in [1.807, 2.05) is 18.2 Å². The average molecular weight is 884 g/mol. The van der Waals surface area contributed by atoms with Gasteiger partial charge in [-0.05, 0) is 44.9 Å². The molecule has 3 N–H and O–H groups in total. The Kier molecular flexibility index (Phi) is 49.1. The van der Waals surface area contributed by atoms with Crippen molar-refractivity contribution in [1.29, 1.82) is 0 Å². The van der Waals surface area contributed by atoms with Gasteiger partial charge in [-0.3, -0.25) is 9.59 Å². The molecular formula is C57H105NO5. The van der Waals surface area contributed by atoms with Crippen LogP contribution in [0.1, 0.15) is 278 Å². The minimum atomic E-state index is -0.791. The lowest BCUT2D eigenvalue weighted by Crippen LogP contribution is -2.46. The van der Waals surface area contributed by atoms with Gasteiger partial charge in [0.15, 0.2) is 0 Å². The summed E-state index contributed by atoms with van der Waals surface area (Å²) in [7, 11) is 0. The van der Waals surface area contributed by atoms with Crippen LogP contribution in [-0.4, -0.2) is 46.9 Å². The van der Waals surface area contributed by atoms with Crippen molar-refractivity contribution in [2.75, 3.05) is 6.61 Å². The monoisotopic (exact) mass is 884 g/mol. The standard InChI is InChI=1S/C57H105NO5/c1-4-7-10-13-16-19-22-25-28-31-34-37-40-43-46-49-55(60)54(52-59)58-56(61)51-53(48-45-42-39-36-33-30-27-24-21-18-15-12-9-6-3)63-57(62)50-47-44-41-38-35-32-29-26-23-20-17-14-11-8-5-2/h8,11,14,17,20,23,26,29,53-55,59-60H,4-7,9-10,12-13,15-16,18-19,21-22,24-25,27-28,30-52H2,1-3H3,(H,58,61)/b11-8+,17-14+,23-20+,29-26-. The second-order valence-corrected chi connectivity index (χ2v) is 18.7. The van der Waals surface area contributed by atoms with Gasteiger partial charge in [-0.25, -0.2) is 0 Å². The smallest absolute Gasteiger partial charge is 0.306 e. The number of esters is 1. The van der Waals surface area contributed by atoms with Crippen molar-refractivity contribution in [3.63, 3.8) is 0 Å². The van der Waals surface area contributed by atoms with Crippen molar-refractivity contribution >= 4 is 11.9 Å². The molecule has 6 heteroatoms. The van der Waals surface area contributed by atoms with E-state index in [4.69, 9.17) is 4.74 Å². The molecule has 368 valence electrons. The molecule has 63 heavy (non-hydrogen) atoms. The van der Waals surface area contributed by atoms with Crippen molar-refractivity contribution < 1.29 is 24.5 Å². The Labute approximate surface area is 391 Å². The van der Waals surface area contributed by atoms with Crippen LogP contribution >= 0.6 is 0 Å². The highest BCUT2D eigenvalue weighted by Gasteiger charge is 2.24. The first-order chi connectivity index (χ1) is 31.0. The third kappa shape index (κ3) is 46.2. The van der Waals surface area contributed by atoms with Gasteiger partial charge in [-0.1, -0.05) is 268 Å². The SMILES string of the molecule is CC/C=C/C=C/C=C/C=C\CCCCCCCC(=O)OC(CCCCCCCCCCCCCCCC)CC(=O)NC(CO)C(O)CCCCCCCCCCCCCCCCC. The van der Waals surface area contributed by atoms with E-state index in [1.54, 1.807) is 0 Å². The van der Waals surface area contributed by atoms with E-state index in [0.717, 1.165) is 70.6 Å². The number of carbonyl (C=O) groups excluding carboxylic acids is 2. The summed E-state index contributed by atoms with van der Waals surface area (Å²) in [5.74, 6) is -0.489. The number of aliphatic hydroxyl groups excluding tert-OH is 2. The zero-order valence-electron chi connectivity index (χ0n) is 42.0. The normalized spacial score (nSPS) is 13.5. The minimum Gasteiger partial charge on any atom is -0.462 e. The Morgan fingerprint density at radius 3 is 1.30 bits per heavy atom. The molecule has 0 aromatic carbocycles. The number of ether oxygens (including phenoxy) is 1. The van der Waals surface area contributed by atoms with Gasteiger partial charge < -0.3 is 20.3 Å². The summed E-state index contributed by atoms with van der Waals surface area (Å²) in [5.41, 5.74) is 0. The number of carbonyl (C=O) groups is 2. The van der Waals surface area contributed by atoms with Crippen LogP contribution in [0.15, 0.2) is 48.6 Å². The molecule has 0 bridgehead atoms. The van der Waals surface area contributed by atoms with Gasteiger partial charge in [0.2, 0.25) is 5.91 Å². The number of allylic oxidation sites excluding steroid dienone is 8. The van der Waals surface area contributed by atoms with Gasteiger partial charge in [-0.15, -0.1) is 0 Å². The van der Waals surface area contributed by atoms with Crippen LogP contribution < -0.4 is 5.32 Å². The summed E-state index contributed by atoms with van der Waals surface area (Å²) in [4.78, 5) is 26.2. The summed E-state index contributed by atoms with van der Waals surface area (Å²) in [6, 6.07) is -0.705. The van der Waals surface area contributed by atoms with E-state index in [9.17, 15) is 19.8 Å². The average Bonchev–Trinajstić information content (AvgIpc) is 3.28. The predicted octanol–water partition coefficient (Wildman–Crippen LogP) is 16.6. The lowest BCUT2D eigenvalue weighted by atomic mass is 10.0. The van der Waals surface area contributed by atoms with E-state index < -0.39 is 18.2 Å². The summed E-state index contributed by atoms with van der Waals surface area (Å²) in [6.45, 7) is 6.37. The molecule has 0 aliphatic carbocycles. The van der Waals surface area contributed by atoms with Crippen molar-refractivity contribution in [3.05, 3.63) is 48.6 Å². The lowest BCUT2D eigenvalue weighted by Gasteiger charge is -2.24. The molecule has 6 nitrogen and oxygen atoms in total. The van der Waals surface area contributed by atoms with Crippen molar-refractivity contribution in [1.82, 2.24) is 5.32 Å². The number of aliphatic hydroxyl groups is 2. The van der Waals surface area contributed by atoms with E-state index >= 15 is 0 Å². The van der Waals surface area contributed by atoms with Gasteiger partial charge in [0.1, 0.15) is 6.10 Å². The van der Waals surface area contributed by atoms with Crippen LogP contribution in [0.2, 0.25) is 0 Å². The Morgan fingerprint density at radius 1 is 0.476 bits per heavy atom. The molecule has 1 amide bonds. The minimum absolute atomic E-state index is 0.0707. The molecule has 0 rings (SSSR count). The Morgan fingerprint density at radius 2 is 0.857 bits per heavy atom. The van der Waals surface area contributed by atoms with Crippen molar-refractivity contribution in [2.24, 2.45) is 0 Å². The first kappa shape index (κ1) is 60.8. The van der Waals surface area contributed by atoms with E-state index in [-0.39, 0.29) is 24.9 Å². The number of hydrogen-bond acceptors (Lipinski definition) is 5. The van der Waals surface area contributed by atoms with Crippen molar-refractivity contribution in [3.8, 4) is 0 Å². The molecule has 0 spiro atoms. The van der Waals surface area contributed by atoms with Gasteiger partial charge in [0.05, 0.1) is 25.2 Å². The largest absolute Gasteiger partial charge is 0.462 e. The van der Waals surface area contributed by atoms with Crippen LogP contribution in [-0.2, 0) is 14.3 Å². The van der Waals surface area contributed by atoms with Crippen LogP contribution in [0.5, 0.6) is 0 Å². The number of amides is 1. The van der Waals surface area contributed by atoms with Gasteiger partial charge >= 0.3 is 5.97 Å². The summed E-state index contributed by atoms with van der Waals surface area (Å²) in [6.07, 6.45) is 61.7. The Bertz CT molecular complexity index is 1080. The third-order valence-electron chi connectivity index (χ3n) is 12.5. The number of nitrogens with one attached hydrogen (secondary N) is 1.